The Bertz CT molecular complexity index is 1190. The normalized spacial score (nSPS) is 15.7. The van der Waals surface area contributed by atoms with Crippen LogP contribution in [0.2, 0.25) is 0 Å². The van der Waals surface area contributed by atoms with E-state index in [9.17, 15) is 61.9 Å². The maximum atomic E-state index is 15.8. The van der Waals surface area contributed by atoms with Crippen molar-refractivity contribution in [3.05, 3.63) is 71.8 Å². The Morgan fingerprint density at radius 3 is 1.49 bits per heavy atom. The summed E-state index contributed by atoms with van der Waals surface area (Å²) in [6.45, 7) is 0. The highest BCUT2D eigenvalue weighted by atomic mass is 19.4. The van der Waals surface area contributed by atoms with E-state index in [2.05, 4.69) is 4.74 Å². The SMILES string of the molecule is O=C(O)C=Cc1ccc(OC(F)(c2ccccc2)C(F)(F)C(F)(F)C(F)(F)C(F)(F)C(F)(F)C(F)(F)F)cc1. The highest BCUT2D eigenvalue weighted by Crippen LogP contribution is 2.63. The van der Waals surface area contributed by atoms with Crippen LogP contribution in [0, 0.1) is 0 Å². The van der Waals surface area contributed by atoms with Gasteiger partial charge < -0.3 is 9.84 Å². The van der Waals surface area contributed by atoms with Gasteiger partial charge in [0, 0.05) is 11.6 Å². The number of hydrogen-bond donors (Lipinski definition) is 1. The minimum atomic E-state index is -8.23. The molecule has 0 aliphatic heterocycles. The van der Waals surface area contributed by atoms with Gasteiger partial charge in [-0.2, -0.15) is 61.5 Å². The average molecular weight is 590 g/mol. The summed E-state index contributed by atoms with van der Waals surface area (Å²) in [5.41, 5.74) is -1.81. The molecule has 3 nitrogen and oxygen atoms in total. The summed E-state index contributed by atoms with van der Waals surface area (Å²) in [6.07, 6.45) is -6.17. The molecule has 1 atom stereocenters. The Hall–Kier alpha value is -3.53. The minimum absolute atomic E-state index is 0.0495. The van der Waals surface area contributed by atoms with Crippen molar-refractivity contribution < 1.29 is 76.1 Å². The molecule has 2 aromatic rings. The van der Waals surface area contributed by atoms with Crippen LogP contribution in [0.5, 0.6) is 5.75 Å². The van der Waals surface area contributed by atoms with E-state index in [0.717, 1.165) is 24.3 Å². The number of carbonyl (C=O) groups is 1. The molecule has 0 aliphatic carbocycles. The number of benzene rings is 2. The predicted octanol–water partition coefficient (Wildman–Crippen LogP) is 7.72. The third kappa shape index (κ3) is 5.09. The lowest BCUT2D eigenvalue weighted by molar-refractivity contribution is -0.456. The summed E-state index contributed by atoms with van der Waals surface area (Å²) in [5, 5.41) is 8.55. The van der Waals surface area contributed by atoms with Gasteiger partial charge in [0.25, 0.3) is 0 Å². The van der Waals surface area contributed by atoms with E-state index >= 15 is 4.39 Å². The molecule has 1 N–H and O–H groups in total. The Morgan fingerprint density at radius 2 is 1.05 bits per heavy atom. The molecule has 2 rings (SSSR count). The zero-order chi connectivity index (χ0) is 30.3. The Balaban J connectivity index is 2.70. The van der Waals surface area contributed by atoms with Crippen molar-refractivity contribution in [1.82, 2.24) is 0 Å². The van der Waals surface area contributed by atoms with E-state index in [1.807, 2.05) is 0 Å². The Kier molecular flexibility index (Phi) is 8.04. The number of aliphatic carboxylic acids is 1. The minimum Gasteiger partial charge on any atom is -0.478 e. The maximum absolute atomic E-state index is 15.8. The summed E-state index contributed by atoms with van der Waals surface area (Å²) < 4.78 is 197. The van der Waals surface area contributed by atoms with E-state index < -0.39 is 58.9 Å². The zero-order valence-electron chi connectivity index (χ0n) is 18.4. The molecule has 0 spiro atoms. The van der Waals surface area contributed by atoms with Crippen molar-refractivity contribution in [1.29, 1.82) is 0 Å². The maximum Gasteiger partial charge on any atom is 0.460 e. The second-order valence-corrected chi connectivity index (χ2v) is 7.67. The molecule has 0 heterocycles. The molecule has 0 fully saturated rings. The largest absolute Gasteiger partial charge is 0.478 e. The molecule has 2 aromatic carbocycles. The summed E-state index contributed by atoms with van der Waals surface area (Å²) in [6, 6.07) is 5.35. The van der Waals surface area contributed by atoms with Crippen molar-refractivity contribution in [3.8, 4) is 5.75 Å². The number of ether oxygens (including phenoxy) is 1. The van der Waals surface area contributed by atoms with Crippen molar-refractivity contribution in [2.24, 2.45) is 0 Å². The molecule has 1 unspecified atom stereocenters. The van der Waals surface area contributed by atoms with E-state index in [0.29, 0.717) is 30.3 Å². The van der Waals surface area contributed by atoms with Gasteiger partial charge in [0.2, 0.25) is 0 Å². The molecule has 17 heteroatoms. The quantitative estimate of drug-likeness (QED) is 0.228. The van der Waals surface area contributed by atoms with Gasteiger partial charge in [-0.05, 0) is 23.8 Å². The van der Waals surface area contributed by atoms with E-state index in [-0.39, 0.29) is 17.7 Å². The summed E-state index contributed by atoms with van der Waals surface area (Å²) >= 11 is 0. The third-order valence-corrected chi connectivity index (χ3v) is 5.04. The van der Waals surface area contributed by atoms with Gasteiger partial charge in [-0.15, -0.1) is 0 Å². The van der Waals surface area contributed by atoms with Crippen LogP contribution in [0.4, 0.5) is 61.5 Å². The second-order valence-electron chi connectivity index (χ2n) is 7.67. The molecule has 0 saturated heterocycles. The fourth-order valence-electron chi connectivity index (χ4n) is 2.91. The Labute approximate surface area is 208 Å². The van der Waals surface area contributed by atoms with Crippen molar-refractivity contribution in [2.45, 2.75) is 41.6 Å². The van der Waals surface area contributed by atoms with Gasteiger partial charge in [0.15, 0.2) is 0 Å². The molecular formula is C22H12F14O3. The van der Waals surface area contributed by atoms with Gasteiger partial charge in [0.1, 0.15) is 5.75 Å². The van der Waals surface area contributed by atoms with Crippen LogP contribution in [-0.2, 0) is 10.6 Å². The van der Waals surface area contributed by atoms with E-state index in [4.69, 9.17) is 5.11 Å². The number of halogens is 14. The smallest absolute Gasteiger partial charge is 0.460 e. The lowest BCUT2D eigenvalue weighted by Gasteiger charge is -2.43. The van der Waals surface area contributed by atoms with E-state index in [1.54, 1.807) is 0 Å². The summed E-state index contributed by atoms with van der Waals surface area (Å²) in [7, 11) is 0. The first kappa shape index (κ1) is 31.7. The second kappa shape index (κ2) is 9.89. The molecule has 0 radical (unpaired) electrons. The number of rotatable bonds is 10. The topological polar surface area (TPSA) is 46.5 Å². The van der Waals surface area contributed by atoms with E-state index in [1.165, 1.54) is 0 Å². The number of carboxylic acid groups (broad SMARTS) is 1. The first-order valence-corrected chi connectivity index (χ1v) is 9.87. The van der Waals surface area contributed by atoms with Crippen LogP contribution in [-0.4, -0.2) is 46.9 Å². The lowest BCUT2D eigenvalue weighted by Crippen LogP contribution is -2.73. The number of hydrogen-bond acceptors (Lipinski definition) is 2. The molecule has 0 aromatic heterocycles. The number of carboxylic acids is 1. The molecule has 216 valence electrons. The Morgan fingerprint density at radius 1 is 0.615 bits per heavy atom. The van der Waals surface area contributed by atoms with Crippen LogP contribution in [0.15, 0.2) is 60.7 Å². The zero-order valence-corrected chi connectivity index (χ0v) is 18.4. The van der Waals surface area contributed by atoms with Crippen molar-refractivity contribution >= 4 is 12.0 Å². The standard InChI is InChI=1S/C22H12F14O3/c23-16(13-4-2-1-3-5-13,39-14-9-6-12(7-10-14)8-11-15(37)38)17(24,25)18(26,27)19(28,29)20(30,31)21(32,33)22(34,35)36/h1-11H,(H,37,38). The molecule has 0 saturated carbocycles. The molecular weight excluding hydrogens is 578 g/mol. The number of alkyl halides is 14. The molecule has 39 heavy (non-hydrogen) atoms. The summed E-state index contributed by atoms with van der Waals surface area (Å²) in [5.74, 6) is -47.9. The highest BCUT2D eigenvalue weighted by molar-refractivity contribution is 5.85. The monoisotopic (exact) mass is 590 g/mol. The fourth-order valence-corrected chi connectivity index (χ4v) is 2.91. The lowest BCUT2D eigenvalue weighted by atomic mass is 9.87. The van der Waals surface area contributed by atoms with Crippen LogP contribution >= 0.6 is 0 Å². The first-order valence-electron chi connectivity index (χ1n) is 9.87. The van der Waals surface area contributed by atoms with Crippen molar-refractivity contribution in [2.75, 3.05) is 0 Å². The van der Waals surface area contributed by atoms with Crippen LogP contribution in [0.1, 0.15) is 11.1 Å². The molecule has 0 bridgehead atoms. The fraction of sp³-hybridized carbons (Fsp3) is 0.318. The van der Waals surface area contributed by atoms with Crippen LogP contribution in [0.25, 0.3) is 6.08 Å². The van der Waals surface area contributed by atoms with Gasteiger partial charge in [-0.25, -0.2) is 4.79 Å². The first-order chi connectivity index (χ1) is 17.5. The van der Waals surface area contributed by atoms with Crippen LogP contribution < -0.4 is 4.74 Å². The molecule has 0 amide bonds. The third-order valence-electron chi connectivity index (χ3n) is 5.04. The summed E-state index contributed by atoms with van der Waals surface area (Å²) in [4.78, 5) is 10.5. The predicted molar refractivity (Wildman–Crippen MR) is 104 cm³/mol. The highest BCUT2D eigenvalue weighted by Gasteiger charge is 2.93. The average Bonchev–Trinajstić information content (AvgIpc) is 2.82. The van der Waals surface area contributed by atoms with Crippen molar-refractivity contribution in [3.63, 3.8) is 0 Å². The van der Waals surface area contributed by atoms with Gasteiger partial charge in [0.05, 0.1) is 0 Å². The van der Waals surface area contributed by atoms with Gasteiger partial charge in [-0.1, -0.05) is 42.5 Å². The molecule has 0 aliphatic rings. The van der Waals surface area contributed by atoms with Crippen LogP contribution in [0.3, 0.4) is 0 Å². The van der Waals surface area contributed by atoms with Gasteiger partial charge in [-0.3, -0.25) is 0 Å². The van der Waals surface area contributed by atoms with Gasteiger partial charge >= 0.3 is 47.6 Å².